The molecule has 2 amide bonds. The van der Waals surface area contributed by atoms with Crippen LogP contribution in [-0.4, -0.2) is 25.5 Å². The lowest BCUT2D eigenvalue weighted by Gasteiger charge is -2.17. The van der Waals surface area contributed by atoms with E-state index in [1.807, 2.05) is 32.0 Å². The summed E-state index contributed by atoms with van der Waals surface area (Å²) in [6.07, 6.45) is 1.01. The van der Waals surface area contributed by atoms with Gasteiger partial charge in [-0.1, -0.05) is 24.6 Å². The molecule has 2 aromatic rings. The number of hydrogen-bond donors (Lipinski definition) is 2. The molecule has 0 fully saturated rings. The fourth-order valence-corrected chi connectivity index (χ4v) is 3.02. The van der Waals surface area contributed by atoms with Crippen molar-refractivity contribution >= 4 is 29.0 Å². The minimum absolute atomic E-state index is 0.0934. The average molecular weight is 415 g/mol. The molecule has 2 aromatic carbocycles. The van der Waals surface area contributed by atoms with Gasteiger partial charge in [-0.3, -0.25) is 9.59 Å². The van der Waals surface area contributed by atoms with Gasteiger partial charge in [-0.25, -0.2) is 0 Å². The molecule has 0 aliphatic heterocycles. The Morgan fingerprint density at radius 1 is 1.10 bits per heavy atom. The largest absolute Gasteiger partial charge is 0.497 e. The van der Waals surface area contributed by atoms with Gasteiger partial charge in [-0.2, -0.15) is 0 Å². The summed E-state index contributed by atoms with van der Waals surface area (Å²) in [5.74, 6) is 0.337. The van der Waals surface area contributed by atoms with E-state index < -0.39 is 0 Å². The fourth-order valence-electron chi connectivity index (χ4n) is 2.89. The second-order valence-corrected chi connectivity index (χ2v) is 7.21. The molecule has 0 bridgehead atoms. The van der Waals surface area contributed by atoms with E-state index in [1.54, 1.807) is 38.3 Å². The first-order valence-electron chi connectivity index (χ1n) is 9.54. The van der Waals surface area contributed by atoms with Crippen LogP contribution in [0.3, 0.4) is 0 Å². The SMILES string of the molecule is CCCNC(=O)C/C(=C(\C)NC(=O)c1ccc(Cl)cc1)c1cc(OC)ccc1C. The number of rotatable bonds is 8. The van der Waals surface area contributed by atoms with E-state index in [-0.39, 0.29) is 18.2 Å². The molecule has 0 saturated heterocycles. The summed E-state index contributed by atoms with van der Waals surface area (Å²) >= 11 is 5.90. The third-order valence-electron chi connectivity index (χ3n) is 4.54. The number of nitrogens with one attached hydrogen (secondary N) is 2. The van der Waals surface area contributed by atoms with Gasteiger partial charge in [0.2, 0.25) is 5.91 Å². The van der Waals surface area contributed by atoms with Crippen LogP contribution in [0.1, 0.15) is 48.2 Å². The lowest BCUT2D eigenvalue weighted by Crippen LogP contribution is -2.26. The maximum absolute atomic E-state index is 12.7. The Balaban J connectivity index is 2.40. The number of hydrogen-bond acceptors (Lipinski definition) is 3. The summed E-state index contributed by atoms with van der Waals surface area (Å²) in [4.78, 5) is 25.1. The molecule has 0 heterocycles. The molecule has 154 valence electrons. The van der Waals surface area contributed by atoms with Crippen molar-refractivity contribution in [1.29, 1.82) is 0 Å². The van der Waals surface area contributed by atoms with Crippen LogP contribution in [0.5, 0.6) is 5.75 Å². The molecular formula is C23H27ClN2O3. The van der Waals surface area contributed by atoms with Crippen LogP contribution in [0, 0.1) is 6.92 Å². The van der Waals surface area contributed by atoms with Gasteiger partial charge in [-0.05, 0) is 73.4 Å². The highest BCUT2D eigenvalue weighted by Crippen LogP contribution is 2.28. The van der Waals surface area contributed by atoms with Gasteiger partial charge < -0.3 is 15.4 Å². The van der Waals surface area contributed by atoms with Crippen molar-refractivity contribution in [1.82, 2.24) is 10.6 Å². The first-order chi connectivity index (χ1) is 13.8. The van der Waals surface area contributed by atoms with Gasteiger partial charge in [0.25, 0.3) is 5.91 Å². The predicted molar refractivity (Wildman–Crippen MR) is 117 cm³/mol. The first-order valence-corrected chi connectivity index (χ1v) is 9.91. The Hall–Kier alpha value is -2.79. The number of carbonyl (C=O) groups is 2. The first kappa shape index (κ1) is 22.5. The van der Waals surface area contributed by atoms with Gasteiger partial charge in [0, 0.05) is 22.8 Å². The van der Waals surface area contributed by atoms with E-state index in [1.165, 1.54) is 0 Å². The number of halogens is 1. The van der Waals surface area contributed by atoms with E-state index in [0.29, 0.717) is 28.6 Å². The van der Waals surface area contributed by atoms with Crippen LogP contribution >= 0.6 is 11.6 Å². The molecule has 6 heteroatoms. The summed E-state index contributed by atoms with van der Waals surface area (Å²) in [7, 11) is 1.60. The third kappa shape index (κ3) is 6.36. The molecule has 2 rings (SSSR count). The fraction of sp³-hybridized carbons (Fsp3) is 0.304. The van der Waals surface area contributed by atoms with Crippen LogP contribution in [0.2, 0.25) is 5.02 Å². The zero-order valence-corrected chi connectivity index (χ0v) is 18.0. The quantitative estimate of drug-likeness (QED) is 0.655. The minimum Gasteiger partial charge on any atom is -0.497 e. The normalized spacial score (nSPS) is 11.5. The number of allylic oxidation sites excluding steroid dienone is 1. The second kappa shape index (κ2) is 10.7. The summed E-state index contributed by atoms with van der Waals surface area (Å²) < 4.78 is 5.35. The molecule has 29 heavy (non-hydrogen) atoms. The van der Waals surface area contributed by atoms with Crippen LogP contribution in [0.4, 0.5) is 0 Å². The molecule has 2 N–H and O–H groups in total. The highest BCUT2D eigenvalue weighted by molar-refractivity contribution is 6.30. The third-order valence-corrected chi connectivity index (χ3v) is 4.79. The lowest BCUT2D eigenvalue weighted by molar-refractivity contribution is -0.120. The van der Waals surface area contributed by atoms with Gasteiger partial charge in [0.15, 0.2) is 0 Å². The van der Waals surface area contributed by atoms with Crippen LogP contribution in [-0.2, 0) is 4.79 Å². The summed E-state index contributed by atoms with van der Waals surface area (Å²) in [5.41, 5.74) is 3.71. The Bertz CT molecular complexity index is 905. The number of benzene rings is 2. The summed E-state index contributed by atoms with van der Waals surface area (Å²) in [5, 5.41) is 6.38. The van der Waals surface area contributed by atoms with Crippen molar-refractivity contribution in [2.24, 2.45) is 0 Å². The van der Waals surface area contributed by atoms with Crippen LogP contribution in [0.15, 0.2) is 48.2 Å². The van der Waals surface area contributed by atoms with Crippen molar-refractivity contribution < 1.29 is 14.3 Å². The van der Waals surface area contributed by atoms with E-state index in [9.17, 15) is 9.59 Å². The predicted octanol–water partition coefficient (Wildman–Crippen LogP) is 4.73. The molecule has 0 aromatic heterocycles. The Morgan fingerprint density at radius 3 is 2.41 bits per heavy atom. The van der Waals surface area contributed by atoms with E-state index >= 15 is 0 Å². The van der Waals surface area contributed by atoms with E-state index in [4.69, 9.17) is 16.3 Å². The molecule has 0 atom stereocenters. The zero-order valence-electron chi connectivity index (χ0n) is 17.3. The Kier molecular flexibility index (Phi) is 8.28. The maximum atomic E-state index is 12.7. The van der Waals surface area contributed by atoms with Gasteiger partial charge in [0.1, 0.15) is 5.75 Å². The number of carbonyl (C=O) groups excluding carboxylic acids is 2. The monoisotopic (exact) mass is 414 g/mol. The van der Waals surface area contributed by atoms with Crippen LogP contribution in [0.25, 0.3) is 5.57 Å². The smallest absolute Gasteiger partial charge is 0.255 e. The molecule has 0 aliphatic rings. The van der Waals surface area contributed by atoms with Crippen molar-refractivity contribution in [3.63, 3.8) is 0 Å². The maximum Gasteiger partial charge on any atom is 0.255 e. The molecule has 0 unspecified atom stereocenters. The number of aryl methyl sites for hydroxylation is 1. The minimum atomic E-state index is -0.258. The molecule has 0 radical (unpaired) electrons. The Morgan fingerprint density at radius 2 is 1.79 bits per heavy atom. The summed E-state index contributed by atoms with van der Waals surface area (Å²) in [6.45, 7) is 6.38. The average Bonchev–Trinajstić information content (AvgIpc) is 2.71. The van der Waals surface area contributed by atoms with Gasteiger partial charge in [-0.15, -0.1) is 0 Å². The zero-order chi connectivity index (χ0) is 21.4. The number of ether oxygens (including phenoxy) is 1. The number of amides is 2. The second-order valence-electron chi connectivity index (χ2n) is 6.77. The van der Waals surface area contributed by atoms with Gasteiger partial charge in [0.05, 0.1) is 13.5 Å². The van der Waals surface area contributed by atoms with E-state index in [2.05, 4.69) is 10.6 Å². The molecular weight excluding hydrogens is 388 g/mol. The number of methoxy groups -OCH3 is 1. The van der Waals surface area contributed by atoms with Crippen LogP contribution < -0.4 is 15.4 Å². The van der Waals surface area contributed by atoms with Crippen molar-refractivity contribution in [3.05, 3.63) is 69.9 Å². The highest BCUT2D eigenvalue weighted by Gasteiger charge is 2.16. The van der Waals surface area contributed by atoms with Crippen molar-refractivity contribution in [3.8, 4) is 5.75 Å². The molecule has 0 aliphatic carbocycles. The summed E-state index contributed by atoms with van der Waals surface area (Å²) in [6, 6.07) is 12.4. The molecule has 0 spiro atoms. The lowest BCUT2D eigenvalue weighted by atomic mass is 9.95. The highest BCUT2D eigenvalue weighted by atomic mass is 35.5. The standard InChI is InChI=1S/C23H27ClN2O3/c1-5-12-25-22(27)14-21(20-13-19(29-4)11-6-15(20)2)16(3)26-23(28)17-7-9-18(24)10-8-17/h6-11,13H,5,12,14H2,1-4H3,(H,25,27)(H,26,28)/b21-16-. The topological polar surface area (TPSA) is 67.4 Å². The molecule has 5 nitrogen and oxygen atoms in total. The van der Waals surface area contributed by atoms with Crippen molar-refractivity contribution in [2.45, 2.75) is 33.6 Å². The van der Waals surface area contributed by atoms with Gasteiger partial charge >= 0.3 is 0 Å². The van der Waals surface area contributed by atoms with Crippen molar-refractivity contribution in [2.75, 3.05) is 13.7 Å². The van der Waals surface area contributed by atoms with E-state index in [0.717, 1.165) is 23.1 Å². The Labute approximate surface area is 177 Å². The molecule has 0 saturated carbocycles.